The fourth-order valence-electron chi connectivity index (χ4n) is 3.30. The summed E-state index contributed by atoms with van der Waals surface area (Å²) < 4.78 is 30.7. The van der Waals surface area contributed by atoms with Gasteiger partial charge in [-0.2, -0.15) is 0 Å². The van der Waals surface area contributed by atoms with Gasteiger partial charge in [-0.1, -0.05) is 59.6 Å². The molecule has 3 rings (SSSR count). The van der Waals surface area contributed by atoms with E-state index in [2.05, 4.69) is 0 Å². The molecule has 0 aliphatic heterocycles. The van der Waals surface area contributed by atoms with Gasteiger partial charge >= 0.3 is 7.47 Å². The molecular formula is C22H17BCl2F2O2. The molecule has 2 aromatic carbocycles. The Kier molecular flexibility index (Phi) is 6.94. The van der Waals surface area contributed by atoms with Gasteiger partial charge < -0.3 is 4.65 Å². The van der Waals surface area contributed by atoms with Gasteiger partial charge in [0, 0.05) is 21.5 Å². The molecule has 1 unspecified atom stereocenters. The third-order valence-corrected chi connectivity index (χ3v) is 5.10. The van der Waals surface area contributed by atoms with Crippen LogP contribution in [0.2, 0.25) is 10.0 Å². The van der Waals surface area contributed by atoms with Gasteiger partial charge in [0.2, 0.25) is 0 Å². The molecule has 0 fully saturated rings. The number of Topliss-reactive ketones (excluding diaryl/α,β-unsaturated/α-hetero) is 1. The molecule has 7 heteroatoms. The summed E-state index contributed by atoms with van der Waals surface area (Å²) in [5.41, 5.74) is 2.72. The van der Waals surface area contributed by atoms with Crippen molar-refractivity contribution in [1.82, 2.24) is 0 Å². The summed E-state index contributed by atoms with van der Waals surface area (Å²) in [6.07, 6.45) is 5.66. The van der Waals surface area contributed by atoms with E-state index in [1.54, 1.807) is 36.4 Å². The summed E-state index contributed by atoms with van der Waals surface area (Å²) in [7, 11) is -3.03. The SMILES string of the molecule is CC(=O)C1=C(OB(F)F)C=C(C=Cc2ccc(Cl)cc2)CC1c1ccc(Cl)cc1. The predicted molar refractivity (Wildman–Crippen MR) is 114 cm³/mol. The Hall–Kier alpha value is -2.37. The lowest BCUT2D eigenvalue weighted by Gasteiger charge is -2.26. The number of allylic oxidation sites excluding steroid dienone is 4. The van der Waals surface area contributed by atoms with Crippen molar-refractivity contribution < 1.29 is 18.1 Å². The molecule has 2 aromatic rings. The topological polar surface area (TPSA) is 26.3 Å². The Labute approximate surface area is 178 Å². The van der Waals surface area contributed by atoms with Gasteiger partial charge in [0.25, 0.3) is 0 Å². The lowest BCUT2D eigenvalue weighted by molar-refractivity contribution is -0.114. The molecule has 0 radical (unpaired) electrons. The predicted octanol–water partition coefficient (Wildman–Crippen LogP) is 6.90. The second kappa shape index (κ2) is 9.42. The Morgan fingerprint density at radius 2 is 1.62 bits per heavy atom. The normalized spacial score (nSPS) is 16.7. The van der Waals surface area contributed by atoms with Gasteiger partial charge in [0.1, 0.15) is 5.76 Å². The van der Waals surface area contributed by atoms with Crippen LogP contribution in [0.25, 0.3) is 6.08 Å². The minimum absolute atomic E-state index is 0.102. The summed E-state index contributed by atoms with van der Waals surface area (Å²) in [4.78, 5) is 12.3. The zero-order valence-corrected chi connectivity index (χ0v) is 17.1. The van der Waals surface area contributed by atoms with Crippen molar-refractivity contribution in [2.24, 2.45) is 0 Å². The number of ketones is 1. The largest absolute Gasteiger partial charge is 0.796 e. The van der Waals surface area contributed by atoms with Crippen LogP contribution < -0.4 is 0 Å². The van der Waals surface area contributed by atoms with Gasteiger partial charge in [-0.25, -0.2) is 8.63 Å². The summed E-state index contributed by atoms with van der Waals surface area (Å²) >= 11 is 11.9. The summed E-state index contributed by atoms with van der Waals surface area (Å²) in [6.45, 7) is 1.36. The van der Waals surface area contributed by atoms with Crippen LogP contribution in [0.4, 0.5) is 8.63 Å². The van der Waals surface area contributed by atoms with Crippen molar-refractivity contribution in [2.75, 3.05) is 0 Å². The van der Waals surface area contributed by atoms with Crippen LogP contribution in [-0.4, -0.2) is 13.3 Å². The third-order valence-electron chi connectivity index (χ3n) is 4.60. The van der Waals surface area contributed by atoms with Crippen molar-refractivity contribution >= 4 is 42.5 Å². The van der Waals surface area contributed by atoms with Gasteiger partial charge in [0.05, 0.1) is 0 Å². The molecule has 1 aliphatic rings. The van der Waals surface area contributed by atoms with E-state index >= 15 is 0 Å². The first-order chi connectivity index (χ1) is 13.8. The van der Waals surface area contributed by atoms with Crippen molar-refractivity contribution in [1.29, 1.82) is 0 Å². The maximum atomic E-state index is 13.0. The first-order valence-corrected chi connectivity index (χ1v) is 9.68. The number of halogens is 4. The van der Waals surface area contributed by atoms with Gasteiger partial charge in [-0.15, -0.1) is 0 Å². The lowest BCUT2D eigenvalue weighted by atomic mass is 9.79. The summed E-state index contributed by atoms with van der Waals surface area (Å²) in [6, 6.07) is 14.3. The smallest absolute Gasteiger partial charge is 0.505 e. The van der Waals surface area contributed by atoms with Crippen molar-refractivity contribution in [3.05, 3.63) is 98.8 Å². The van der Waals surface area contributed by atoms with Gasteiger partial charge in [-0.3, -0.25) is 4.79 Å². The molecule has 0 heterocycles. The number of carbonyl (C=O) groups excluding carboxylic acids is 1. The molecule has 0 saturated heterocycles. The molecular weight excluding hydrogens is 416 g/mol. The van der Waals surface area contributed by atoms with Crippen LogP contribution in [0, 0.1) is 0 Å². The highest BCUT2D eigenvalue weighted by Gasteiger charge is 2.31. The zero-order valence-electron chi connectivity index (χ0n) is 15.5. The van der Waals surface area contributed by atoms with Crippen LogP contribution in [0.5, 0.6) is 0 Å². The highest BCUT2D eigenvalue weighted by Crippen LogP contribution is 2.39. The minimum Gasteiger partial charge on any atom is -0.505 e. The zero-order chi connectivity index (χ0) is 21.0. The standard InChI is InChI=1S/C22H17BCl2F2O2/c1-14(28)22-20(17-6-10-19(25)11-7-17)12-16(13-21(22)29-23(26)27)3-2-15-4-8-18(24)9-5-15/h2-11,13,20H,12H2,1H3. The second-order valence-electron chi connectivity index (χ2n) is 6.63. The molecule has 1 aliphatic carbocycles. The Balaban J connectivity index is 2.01. The Bertz CT molecular complexity index is 981. The van der Waals surface area contributed by atoms with Crippen molar-refractivity contribution in [3.63, 3.8) is 0 Å². The van der Waals surface area contributed by atoms with Crippen molar-refractivity contribution in [3.8, 4) is 0 Å². The van der Waals surface area contributed by atoms with E-state index in [4.69, 9.17) is 27.9 Å². The van der Waals surface area contributed by atoms with E-state index in [0.29, 0.717) is 16.5 Å². The molecule has 0 saturated carbocycles. The molecule has 0 aromatic heterocycles. The van der Waals surface area contributed by atoms with Crippen LogP contribution in [-0.2, 0) is 9.45 Å². The second-order valence-corrected chi connectivity index (χ2v) is 7.50. The number of benzene rings is 2. The summed E-state index contributed by atoms with van der Waals surface area (Å²) in [5, 5.41) is 1.18. The molecule has 2 nitrogen and oxygen atoms in total. The fourth-order valence-corrected chi connectivity index (χ4v) is 3.55. The highest BCUT2D eigenvalue weighted by atomic mass is 35.5. The summed E-state index contributed by atoms with van der Waals surface area (Å²) in [5.74, 6) is -0.819. The van der Waals surface area contributed by atoms with Gasteiger partial charge in [-0.05, 0) is 60.4 Å². The maximum absolute atomic E-state index is 13.0. The minimum atomic E-state index is -3.03. The number of rotatable bonds is 6. The van der Waals surface area contributed by atoms with E-state index in [1.807, 2.05) is 24.3 Å². The quantitative estimate of drug-likeness (QED) is 0.463. The lowest BCUT2D eigenvalue weighted by Crippen LogP contribution is -2.19. The molecule has 29 heavy (non-hydrogen) atoms. The van der Waals surface area contributed by atoms with Crippen LogP contribution >= 0.6 is 23.2 Å². The first kappa shape index (κ1) is 21.3. The fraction of sp³-hybridized carbons (Fsp3) is 0.136. The molecule has 0 spiro atoms. The molecule has 0 bridgehead atoms. The average molecular weight is 433 g/mol. The Morgan fingerprint density at radius 1 is 1.03 bits per heavy atom. The number of carbonyl (C=O) groups is 1. The Morgan fingerprint density at radius 3 is 2.17 bits per heavy atom. The molecule has 0 N–H and O–H groups in total. The highest BCUT2D eigenvalue weighted by molar-refractivity contribution is 6.35. The number of hydrogen-bond donors (Lipinski definition) is 0. The van der Waals surface area contributed by atoms with Crippen LogP contribution in [0.1, 0.15) is 30.4 Å². The van der Waals surface area contributed by atoms with E-state index in [1.165, 1.54) is 13.0 Å². The van der Waals surface area contributed by atoms with Gasteiger partial charge in [0.15, 0.2) is 5.78 Å². The van der Waals surface area contributed by atoms with E-state index in [0.717, 1.165) is 16.7 Å². The average Bonchev–Trinajstić information content (AvgIpc) is 2.67. The molecule has 1 atom stereocenters. The number of hydrogen-bond acceptors (Lipinski definition) is 2. The van der Waals surface area contributed by atoms with E-state index in [-0.39, 0.29) is 17.1 Å². The monoisotopic (exact) mass is 432 g/mol. The third kappa shape index (κ3) is 5.59. The van der Waals surface area contributed by atoms with Crippen LogP contribution in [0.3, 0.4) is 0 Å². The molecule has 0 amide bonds. The van der Waals surface area contributed by atoms with Crippen molar-refractivity contribution in [2.45, 2.75) is 19.3 Å². The van der Waals surface area contributed by atoms with E-state index < -0.39 is 13.4 Å². The maximum Gasteiger partial charge on any atom is 0.796 e. The van der Waals surface area contributed by atoms with Crippen LogP contribution in [0.15, 0.2) is 77.6 Å². The van der Waals surface area contributed by atoms with E-state index in [9.17, 15) is 13.4 Å². The first-order valence-electron chi connectivity index (χ1n) is 8.93. The molecule has 148 valence electrons.